The standard InChI is InChI=1S/C13H15N3O2/c1-2-13(7-4-8-13)16-10-6-3-5-9(12(17)18)11(10)14-15-16/h3,5-6H,2,4,7-8H2,1H3,(H,17,18). The van der Waals surface area contributed by atoms with Gasteiger partial charge in [0.2, 0.25) is 0 Å². The summed E-state index contributed by atoms with van der Waals surface area (Å²) in [6.45, 7) is 2.15. The second kappa shape index (κ2) is 3.80. The van der Waals surface area contributed by atoms with Gasteiger partial charge in [-0.25, -0.2) is 9.48 Å². The average molecular weight is 245 g/mol. The van der Waals surface area contributed by atoms with E-state index in [-0.39, 0.29) is 11.1 Å². The van der Waals surface area contributed by atoms with Crippen molar-refractivity contribution in [2.45, 2.75) is 38.1 Å². The molecule has 1 fully saturated rings. The Bertz CT molecular complexity index is 608. The highest BCUT2D eigenvalue weighted by Crippen LogP contribution is 2.42. The van der Waals surface area contributed by atoms with Crippen molar-refractivity contribution in [3.63, 3.8) is 0 Å². The van der Waals surface area contributed by atoms with Crippen LogP contribution in [0.15, 0.2) is 18.2 Å². The Kier molecular flexibility index (Phi) is 2.36. The zero-order valence-corrected chi connectivity index (χ0v) is 10.3. The van der Waals surface area contributed by atoms with Crippen molar-refractivity contribution < 1.29 is 9.90 Å². The molecule has 1 aromatic carbocycles. The van der Waals surface area contributed by atoms with Crippen LogP contribution in [0, 0.1) is 0 Å². The van der Waals surface area contributed by atoms with E-state index in [4.69, 9.17) is 5.11 Å². The van der Waals surface area contributed by atoms with E-state index in [2.05, 4.69) is 17.2 Å². The van der Waals surface area contributed by atoms with Crippen LogP contribution in [0.4, 0.5) is 0 Å². The molecule has 1 N–H and O–H groups in total. The molecule has 0 spiro atoms. The highest BCUT2D eigenvalue weighted by atomic mass is 16.4. The Morgan fingerprint density at radius 3 is 2.83 bits per heavy atom. The van der Waals surface area contributed by atoms with Gasteiger partial charge in [-0.15, -0.1) is 5.10 Å². The van der Waals surface area contributed by atoms with E-state index in [1.54, 1.807) is 12.1 Å². The largest absolute Gasteiger partial charge is 0.478 e. The molecule has 1 aromatic heterocycles. The molecule has 94 valence electrons. The fourth-order valence-electron chi connectivity index (χ4n) is 2.77. The summed E-state index contributed by atoms with van der Waals surface area (Å²) in [4.78, 5) is 11.1. The lowest BCUT2D eigenvalue weighted by atomic mass is 9.75. The number of carboxylic acid groups (broad SMARTS) is 1. The Morgan fingerprint density at radius 1 is 1.50 bits per heavy atom. The van der Waals surface area contributed by atoms with Crippen molar-refractivity contribution in [2.24, 2.45) is 0 Å². The Labute approximate surface area is 104 Å². The lowest BCUT2D eigenvalue weighted by molar-refractivity contribution is 0.0699. The monoisotopic (exact) mass is 245 g/mol. The van der Waals surface area contributed by atoms with Crippen LogP contribution in [0.3, 0.4) is 0 Å². The van der Waals surface area contributed by atoms with Gasteiger partial charge < -0.3 is 5.11 Å². The molecular weight excluding hydrogens is 230 g/mol. The van der Waals surface area contributed by atoms with Gasteiger partial charge in [0.25, 0.3) is 0 Å². The average Bonchev–Trinajstić information content (AvgIpc) is 2.73. The molecule has 0 bridgehead atoms. The maximum Gasteiger partial charge on any atom is 0.338 e. The normalized spacial score (nSPS) is 17.6. The molecule has 0 aliphatic heterocycles. The van der Waals surface area contributed by atoms with Gasteiger partial charge >= 0.3 is 5.97 Å². The lowest BCUT2D eigenvalue weighted by Gasteiger charge is -2.41. The van der Waals surface area contributed by atoms with Gasteiger partial charge in [0.15, 0.2) is 0 Å². The van der Waals surface area contributed by atoms with E-state index < -0.39 is 5.97 Å². The van der Waals surface area contributed by atoms with E-state index in [1.165, 1.54) is 6.42 Å². The summed E-state index contributed by atoms with van der Waals surface area (Å²) in [5.41, 5.74) is 1.59. The molecule has 0 radical (unpaired) electrons. The second-order valence-corrected chi connectivity index (χ2v) is 4.91. The first kappa shape index (κ1) is 11.2. The van der Waals surface area contributed by atoms with Gasteiger partial charge in [-0.1, -0.05) is 18.2 Å². The third kappa shape index (κ3) is 1.36. The van der Waals surface area contributed by atoms with Crippen LogP contribution in [-0.4, -0.2) is 26.1 Å². The van der Waals surface area contributed by atoms with Crippen LogP contribution in [0.1, 0.15) is 43.0 Å². The number of fused-ring (bicyclic) bond motifs is 1. The predicted octanol–water partition coefficient (Wildman–Crippen LogP) is 2.42. The zero-order chi connectivity index (χ0) is 12.8. The highest BCUT2D eigenvalue weighted by molar-refractivity contribution is 6.00. The minimum atomic E-state index is -0.952. The Hall–Kier alpha value is -1.91. The number of rotatable bonds is 3. The molecule has 1 aliphatic carbocycles. The van der Waals surface area contributed by atoms with Crippen LogP contribution in [0.2, 0.25) is 0 Å². The van der Waals surface area contributed by atoms with Crippen molar-refractivity contribution in [2.75, 3.05) is 0 Å². The third-order valence-electron chi connectivity index (χ3n) is 4.10. The van der Waals surface area contributed by atoms with E-state index in [9.17, 15) is 4.79 Å². The molecule has 0 amide bonds. The van der Waals surface area contributed by atoms with Crippen molar-refractivity contribution in [3.05, 3.63) is 23.8 Å². The molecule has 3 rings (SSSR count). The molecule has 18 heavy (non-hydrogen) atoms. The van der Waals surface area contributed by atoms with Gasteiger partial charge in [-0.3, -0.25) is 0 Å². The first-order valence-electron chi connectivity index (χ1n) is 6.26. The number of hydrogen-bond donors (Lipinski definition) is 1. The van der Waals surface area contributed by atoms with Crippen LogP contribution in [-0.2, 0) is 5.54 Å². The highest BCUT2D eigenvalue weighted by Gasteiger charge is 2.39. The Balaban J connectivity index is 2.21. The minimum Gasteiger partial charge on any atom is -0.478 e. The maximum atomic E-state index is 11.1. The molecular formula is C13H15N3O2. The topological polar surface area (TPSA) is 68.0 Å². The van der Waals surface area contributed by atoms with Crippen LogP contribution < -0.4 is 0 Å². The van der Waals surface area contributed by atoms with E-state index in [0.29, 0.717) is 5.52 Å². The fraction of sp³-hybridized carbons (Fsp3) is 0.462. The number of carbonyl (C=O) groups is 1. The molecule has 5 nitrogen and oxygen atoms in total. The second-order valence-electron chi connectivity index (χ2n) is 4.91. The number of hydrogen-bond acceptors (Lipinski definition) is 3. The maximum absolute atomic E-state index is 11.1. The summed E-state index contributed by atoms with van der Waals surface area (Å²) in [5.74, 6) is -0.952. The molecule has 1 heterocycles. The van der Waals surface area contributed by atoms with Crippen LogP contribution in [0.5, 0.6) is 0 Å². The summed E-state index contributed by atoms with van der Waals surface area (Å²) < 4.78 is 1.93. The first-order valence-corrected chi connectivity index (χ1v) is 6.26. The van der Waals surface area contributed by atoms with Gasteiger partial charge in [0.1, 0.15) is 5.52 Å². The van der Waals surface area contributed by atoms with Crippen LogP contribution >= 0.6 is 0 Å². The van der Waals surface area contributed by atoms with Crippen molar-refractivity contribution in [1.29, 1.82) is 0 Å². The van der Waals surface area contributed by atoms with Crippen molar-refractivity contribution >= 4 is 17.0 Å². The molecule has 1 aliphatic rings. The van der Waals surface area contributed by atoms with Crippen molar-refractivity contribution in [1.82, 2.24) is 15.0 Å². The fourth-order valence-corrected chi connectivity index (χ4v) is 2.77. The van der Waals surface area contributed by atoms with Gasteiger partial charge in [0, 0.05) is 0 Å². The predicted molar refractivity (Wildman–Crippen MR) is 66.6 cm³/mol. The zero-order valence-electron chi connectivity index (χ0n) is 10.3. The number of nitrogens with zero attached hydrogens (tertiary/aromatic N) is 3. The minimum absolute atomic E-state index is 0.0475. The number of benzene rings is 1. The quantitative estimate of drug-likeness (QED) is 0.901. The third-order valence-corrected chi connectivity index (χ3v) is 4.10. The molecule has 5 heteroatoms. The van der Waals surface area contributed by atoms with E-state index in [1.807, 2.05) is 10.7 Å². The first-order chi connectivity index (χ1) is 8.68. The van der Waals surface area contributed by atoms with Crippen molar-refractivity contribution in [3.8, 4) is 0 Å². The number of aromatic carboxylic acids is 1. The summed E-state index contributed by atoms with van der Waals surface area (Å²) in [6, 6.07) is 5.23. The smallest absolute Gasteiger partial charge is 0.338 e. The van der Waals surface area contributed by atoms with Gasteiger partial charge in [-0.05, 0) is 37.8 Å². The summed E-state index contributed by atoms with van der Waals surface area (Å²) in [7, 11) is 0. The SMILES string of the molecule is CCC1(n2nnc3c(C(=O)O)cccc32)CCC1. The van der Waals surface area contributed by atoms with Crippen LogP contribution in [0.25, 0.3) is 11.0 Å². The molecule has 0 atom stereocenters. The lowest BCUT2D eigenvalue weighted by Crippen LogP contribution is -2.40. The van der Waals surface area contributed by atoms with E-state index in [0.717, 1.165) is 24.8 Å². The van der Waals surface area contributed by atoms with E-state index >= 15 is 0 Å². The van der Waals surface area contributed by atoms with Gasteiger partial charge in [0.05, 0.1) is 16.6 Å². The summed E-state index contributed by atoms with van der Waals surface area (Å²) >= 11 is 0. The summed E-state index contributed by atoms with van der Waals surface area (Å²) in [6.07, 6.45) is 4.40. The summed E-state index contributed by atoms with van der Waals surface area (Å²) in [5, 5.41) is 17.4. The number of carboxylic acids is 1. The number of aromatic nitrogens is 3. The molecule has 2 aromatic rings. The van der Waals surface area contributed by atoms with Gasteiger partial charge in [-0.2, -0.15) is 0 Å². The Morgan fingerprint density at radius 2 is 2.28 bits per heavy atom. The molecule has 0 saturated heterocycles. The molecule has 1 saturated carbocycles. The molecule has 0 unspecified atom stereocenters.